The van der Waals surface area contributed by atoms with Crippen molar-refractivity contribution in [2.24, 2.45) is 0 Å². The second-order valence-electron chi connectivity index (χ2n) is 7.65. The van der Waals surface area contributed by atoms with Gasteiger partial charge in [0.2, 0.25) is 11.9 Å². The van der Waals surface area contributed by atoms with Crippen molar-refractivity contribution in [1.82, 2.24) is 14.5 Å². The molecule has 3 heterocycles. The van der Waals surface area contributed by atoms with Gasteiger partial charge in [-0.3, -0.25) is 24.0 Å². The molecule has 4 aromatic rings. The summed E-state index contributed by atoms with van der Waals surface area (Å²) in [7, 11) is 0. The monoisotopic (exact) mass is 411 g/mol. The lowest BCUT2D eigenvalue weighted by Gasteiger charge is -2.15. The maximum absolute atomic E-state index is 13.4. The maximum atomic E-state index is 13.4. The molecule has 2 amide bonds. The summed E-state index contributed by atoms with van der Waals surface area (Å²) < 4.78 is 1.87. The van der Waals surface area contributed by atoms with Crippen molar-refractivity contribution in [3.05, 3.63) is 84.2 Å². The molecular weight excluding hydrogens is 390 g/mol. The van der Waals surface area contributed by atoms with Crippen LogP contribution in [-0.2, 0) is 16.1 Å². The van der Waals surface area contributed by atoms with Gasteiger partial charge in [-0.15, -0.1) is 0 Å². The normalized spacial score (nSPS) is 15.3. The van der Waals surface area contributed by atoms with Gasteiger partial charge >= 0.3 is 0 Å². The molecule has 1 N–H and O–H groups in total. The van der Waals surface area contributed by atoms with Crippen molar-refractivity contribution >= 4 is 34.5 Å². The third-order valence-corrected chi connectivity index (χ3v) is 5.44. The second-order valence-corrected chi connectivity index (χ2v) is 7.65. The van der Waals surface area contributed by atoms with Crippen LogP contribution in [0.15, 0.2) is 72.9 Å². The summed E-state index contributed by atoms with van der Waals surface area (Å²) in [6, 6.07) is 20.2. The predicted octanol–water partition coefficient (Wildman–Crippen LogP) is 3.86. The molecule has 0 spiro atoms. The zero-order valence-electron chi connectivity index (χ0n) is 17.0. The van der Waals surface area contributed by atoms with E-state index < -0.39 is 6.04 Å². The van der Waals surface area contributed by atoms with Gasteiger partial charge in [-0.05, 0) is 43.3 Å². The van der Waals surface area contributed by atoms with Crippen molar-refractivity contribution in [3.63, 3.8) is 0 Å². The van der Waals surface area contributed by atoms with Crippen molar-refractivity contribution in [2.75, 3.05) is 10.2 Å². The zero-order chi connectivity index (χ0) is 21.4. The number of carbonyl (C=O) groups is 2. The molecule has 0 aliphatic carbocycles. The minimum absolute atomic E-state index is 0.0266. The molecule has 0 bridgehead atoms. The number of hydrogen-bond acceptors (Lipinski definition) is 4. The lowest BCUT2D eigenvalue weighted by molar-refractivity contribution is -0.124. The van der Waals surface area contributed by atoms with Crippen LogP contribution in [-0.4, -0.2) is 26.3 Å². The van der Waals surface area contributed by atoms with Crippen molar-refractivity contribution in [1.29, 1.82) is 0 Å². The number of para-hydroxylation sites is 2. The highest BCUT2D eigenvalue weighted by atomic mass is 16.2. The van der Waals surface area contributed by atoms with Crippen molar-refractivity contribution < 1.29 is 9.59 Å². The standard InChI is InChI=1S/C24H21N5O2/c1-16-9-11-17(12-10-16)26-22(30)14-21-23(31)28(15-18-6-4-5-13-25-18)24-27-19-7-2-3-8-20(19)29(21)24/h2-13,21H,14-15H2,1H3,(H,26,30)/t21-/m1/s1. The fourth-order valence-corrected chi connectivity index (χ4v) is 3.92. The second kappa shape index (κ2) is 7.68. The molecule has 0 fully saturated rings. The highest BCUT2D eigenvalue weighted by Gasteiger charge is 2.41. The van der Waals surface area contributed by atoms with Gasteiger partial charge in [0.1, 0.15) is 6.04 Å². The largest absolute Gasteiger partial charge is 0.326 e. The molecule has 0 radical (unpaired) electrons. The summed E-state index contributed by atoms with van der Waals surface area (Å²) in [6.45, 7) is 2.30. The Labute approximate surface area is 179 Å². The molecule has 7 heteroatoms. The molecule has 31 heavy (non-hydrogen) atoms. The Balaban J connectivity index is 1.46. The number of aromatic nitrogens is 3. The van der Waals surface area contributed by atoms with Gasteiger partial charge in [-0.2, -0.15) is 0 Å². The minimum Gasteiger partial charge on any atom is -0.326 e. The summed E-state index contributed by atoms with van der Waals surface area (Å²) in [5.74, 6) is 0.175. The number of hydrogen-bond donors (Lipinski definition) is 1. The lowest BCUT2D eigenvalue weighted by atomic mass is 10.1. The first-order chi connectivity index (χ1) is 15.1. The zero-order valence-corrected chi connectivity index (χ0v) is 17.0. The molecule has 1 aliphatic rings. The third-order valence-electron chi connectivity index (χ3n) is 5.44. The van der Waals surface area contributed by atoms with Crippen LogP contribution in [0, 0.1) is 6.92 Å². The van der Waals surface area contributed by atoms with E-state index in [1.54, 1.807) is 11.1 Å². The maximum Gasteiger partial charge on any atom is 0.253 e. The van der Waals surface area contributed by atoms with Gasteiger partial charge in [-0.1, -0.05) is 35.9 Å². The Hall–Kier alpha value is -4.00. The lowest BCUT2D eigenvalue weighted by Crippen LogP contribution is -2.31. The van der Waals surface area contributed by atoms with Gasteiger partial charge in [0, 0.05) is 11.9 Å². The first-order valence-corrected chi connectivity index (χ1v) is 10.1. The molecule has 1 atom stereocenters. The number of rotatable bonds is 5. The van der Waals surface area contributed by atoms with Crippen LogP contribution >= 0.6 is 0 Å². The summed E-state index contributed by atoms with van der Waals surface area (Å²) in [4.78, 5) is 36.8. The molecule has 7 nitrogen and oxygen atoms in total. The number of imidazole rings is 1. The summed E-state index contributed by atoms with van der Waals surface area (Å²) in [5.41, 5.74) is 4.22. The predicted molar refractivity (Wildman–Crippen MR) is 119 cm³/mol. The Kier molecular flexibility index (Phi) is 4.71. The molecular formula is C24H21N5O2. The molecule has 0 unspecified atom stereocenters. The van der Waals surface area contributed by atoms with E-state index in [1.165, 1.54) is 0 Å². The number of carbonyl (C=O) groups excluding carboxylic acids is 2. The SMILES string of the molecule is Cc1ccc(NC(=O)C[C@@H]2C(=O)N(Cc3ccccn3)c3nc4ccccc4n32)cc1. The van der Waals surface area contributed by atoms with Crippen LogP contribution in [0.2, 0.25) is 0 Å². The van der Waals surface area contributed by atoms with Gasteiger partial charge in [0.25, 0.3) is 5.91 Å². The first-order valence-electron chi connectivity index (χ1n) is 10.1. The average Bonchev–Trinajstić information content (AvgIpc) is 3.27. The fraction of sp³-hybridized carbons (Fsp3) is 0.167. The average molecular weight is 411 g/mol. The molecule has 5 rings (SSSR count). The van der Waals surface area contributed by atoms with Crippen LogP contribution in [0.1, 0.15) is 23.7 Å². The molecule has 0 saturated carbocycles. The van der Waals surface area contributed by atoms with E-state index >= 15 is 0 Å². The van der Waals surface area contributed by atoms with Crippen LogP contribution in [0.4, 0.5) is 11.6 Å². The van der Waals surface area contributed by atoms with Crippen molar-refractivity contribution in [2.45, 2.75) is 25.9 Å². The number of fused-ring (bicyclic) bond motifs is 3. The van der Waals surface area contributed by atoms with E-state index in [9.17, 15) is 9.59 Å². The Bertz CT molecular complexity index is 1260. The van der Waals surface area contributed by atoms with Crippen molar-refractivity contribution in [3.8, 4) is 0 Å². The van der Waals surface area contributed by atoms with Gasteiger partial charge in [0.05, 0.1) is 29.7 Å². The third kappa shape index (κ3) is 3.54. The first kappa shape index (κ1) is 19.0. The van der Waals surface area contributed by atoms with E-state index in [0.717, 1.165) is 22.3 Å². The topological polar surface area (TPSA) is 80.1 Å². The number of anilines is 2. The van der Waals surface area contributed by atoms with Gasteiger partial charge in [0.15, 0.2) is 0 Å². The Morgan fingerprint density at radius 1 is 1.03 bits per heavy atom. The quantitative estimate of drug-likeness (QED) is 0.541. The molecule has 2 aromatic heterocycles. The highest BCUT2D eigenvalue weighted by molar-refractivity contribution is 6.05. The van der Waals surface area contributed by atoms with E-state index in [2.05, 4.69) is 15.3 Å². The number of amides is 2. The van der Waals surface area contributed by atoms with Crippen LogP contribution in [0.25, 0.3) is 11.0 Å². The number of pyridine rings is 1. The van der Waals surface area contributed by atoms with E-state index in [-0.39, 0.29) is 18.2 Å². The minimum atomic E-state index is -0.656. The molecule has 154 valence electrons. The van der Waals surface area contributed by atoms with E-state index in [4.69, 9.17) is 0 Å². The summed E-state index contributed by atoms with van der Waals surface area (Å²) in [5, 5.41) is 2.90. The summed E-state index contributed by atoms with van der Waals surface area (Å²) >= 11 is 0. The Morgan fingerprint density at radius 2 is 1.81 bits per heavy atom. The fourth-order valence-electron chi connectivity index (χ4n) is 3.92. The molecule has 2 aromatic carbocycles. The molecule has 1 aliphatic heterocycles. The van der Waals surface area contributed by atoms with E-state index in [1.807, 2.05) is 78.2 Å². The van der Waals surface area contributed by atoms with Crippen LogP contribution < -0.4 is 10.2 Å². The van der Waals surface area contributed by atoms with Crippen LogP contribution in [0.5, 0.6) is 0 Å². The molecule has 0 saturated heterocycles. The number of aryl methyl sites for hydroxylation is 1. The highest BCUT2D eigenvalue weighted by Crippen LogP contribution is 2.37. The van der Waals surface area contributed by atoms with Crippen LogP contribution in [0.3, 0.4) is 0 Å². The van der Waals surface area contributed by atoms with E-state index in [0.29, 0.717) is 18.2 Å². The number of nitrogens with one attached hydrogen (secondary N) is 1. The smallest absolute Gasteiger partial charge is 0.253 e. The van der Waals surface area contributed by atoms with Gasteiger partial charge in [-0.25, -0.2) is 4.98 Å². The summed E-state index contributed by atoms with van der Waals surface area (Å²) in [6.07, 6.45) is 1.73. The Morgan fingerprint density at radius 3 is 2.58 bits per heavy atom. The number of benzene rings is 2. The number of nitrogens with zero attached hydrogens (tertiary/aromatic N) is 4. The van der Waals surface area contributed by atoms with Gasteiger partial charge < -0.3 is 5.32 Å².